The van der Waals surface area contributed by atoms with Gasteiger partial charge in [-0.2, -0.15) is 4.37 Å². The van der Waals surface area contributed by atoms with Crippen LogP contribution in [0.1, 0.15) is 43.5 Å². The fourth-order valence-electron chi connectivity index (χ4n) is 4.95. The Hall–Kier alpha value is -2.23. The average Bonchev–Trinajstić information content (AvgIpc) is 3.17. The summed E-state index contributed by atoms with van der Waals surface area (Å²) in [6, 6.07) is 5.64. The Morgan fingerprint density at radius 3 is 2.78 bits per heavy atom. The van der Waals surface area contributed by atoms with Crippen molar-refractivity contribution in [3.05, 3.63) is 35.8 Å². The first-order valence-electron chi connectivity index (χ1n) is 11.2. The van der Waals surface area contributed by atoms with Gasteiger partial charge in [0.25, 0.3) is 0 Å². The number of anilines is 1. The lowest BCUT2D eigenvalue weighted by Crippen LogP contribution is -2.54. The zero-order valence-electron chi connectivity index (χ0n) is 19.3. The number of pyridine rings is 1. The van der Waals surface area contributed by atoms with Crippen LogP contribution in [0.25, 0.3) is 0 Å². The number of carbonyl (C=O) groups excluding carboxylic acids is 1. The van der Waals surface area contributed by atoms with Gasteiger partial charge in [0.1, 0.15) is 10.8 Å². The van der Waals surface area contributed by atoms with Crippen molar-refractivity contribution in [1.29, 1.82) is 0 Å². The minimum absolute atomic E-state index is 0.00629. The average molecular weight is 460 g/mol. The first-order chi connectivity index (χ1) is 15.4. The molecule has 0 aromatic carbocycles. The topological polar surface area (TPSA) is 88.6 Å². The molecule has 2 aromatic rings. The normalized spacial score (nSPS) is 28.1. The highest BCUT2D eigenvalue weighted by molar-refractivity contribution is 7.10. The molecule has 174 valence electrons. The number of amides is 2. The molecule has 32 heavy (non-hydrogen) atoms. The maximum Gasteiger partial charge on any atom is 0.320 e. The summed E-state index contributed by atoms with van der Waals surface area (Å²) in [5.41, 5.74) is 1.92. The molecule has 1 aliphatic carbocycles. The van der Waals surface area contributed by atoms with Crippen LogP contribution in [0.2, 0.25) is 0 Å². The SMILES string of the molecule is COc1ccc([C@@H]2CN(CC3CC(C)(OC)C3)CC[C@H]2NC(=O)Nc2cc(C)ns2)nc1. The summed E-state index contributed by atoms with van der Waals surface area (Å²) in [7, 11) is 3.44. The van der Waals surface area contributed by atoms with Gasteiger partial charge in [0.15, 0.2) is 0 Å². The number of likely N-dealkylation sites (tertiary alicyclic amines) is 1. The van der Waals surface area contributed by atoms with E-state index in [-0.39, 0.29) is 23.6 Å². The molecule has 3 heterocycles. The van der Waals surface area contributed by atoms with Crippen LogP contribution in [-0.2, 0) is 4.74 Å². The Labute approximate surface area is 193 Å². The highest BCUT2D eigenvalue weighted by atomic mass is 32.1. The Bertz CT molecular complexity index is 913. The highest BCUT2D eigenvalue weighted by Gasteiger charge is 2.42. The number of methoxy groups -OCH3 is 2. The summed E-state index contributed by atoms with van der Waals surface area (Å²) >= 11 is 1.29. The minimum atomic E-state index is -0.194. The minimum Gasteiger partial charge on any atom is -0.495 e. The van der Waals surface area contributed by atoms with Crippen LogP contribution in [0.4, 0.5) is 9.80 Å². The number of aromatic nitrogens is 2. The van der Waals surface area contributed by atoms with Gasteiger partial charge in [-0.1, -0.05) is 0 Å². The molecule has 0 radical (unpaired) electrons. The van der Waals surface area contributed by atoms with Crippen molar-refractivity contribution in [2.45, 2.75) is 50.7 Å². The second kappa shape index (κ2) is 9.72. The first-order valence-corrected chi connectivity index (χ1v) is 11.9. The van der Waals surface area contributed by atoms with Crippen molar-refractivity contribution in [1.82, 2.24) is 19.6 Å². The summed E-state index contributed by atoms with van der Waals surface area (Å²) in [4.78, 5) is 19.8. The van der Waals surface area contributed by atoms with Gasteiger partial charge in [-0.15, -0.1) is 0 Å². The number of nitrogens with one attached hydrogen (secondary N) is 2. The van der Waals surface area contributed by atoms with Crippen LogP contribution in [0.5, 0.6) is 5.75 Å². The maximum absolute atomic E-state index is 12.7. The monoisotopic (exact) mass is 459 g/mol. The van der Waals surface area contributed by atoms with E-state index in [1.54, 1.807) is 20.4 Å². The molecule has 1 aliphatic heterocycles. The van der Waals surface area contributed by atoms with Gasteiger partial charge >= 0.3 is 6.03 Å². The van der Waals surface area contributed by atoms with Crippen molar-refractivity contribution in [3.63, 3.8) is 0 Å². The lowest BCUT2D eigenvalue weighted by molar-refractivity contribution is -0.0979. The van der Waals surface area contributed by atoms with Crippen molar-refractivity contribution in [3.8, 4) is 5.75 Å². The van der Waals surface area contributed by atoms with Crippen LogP contribution in [0.15, 0.2) is 24.4 Å². The van der Waals surface area contributed by atoms with Gasteiger partial charge in [-0.25, -0.2) is 4.79 Å². The molecule has 2 aromatic heterocycles. The van der Waals surface area contributed by atoms with Crippen LogP contribution in [0, 0.1) is 12.8 Å². The lowest BCUT2D eigenvalue weighted by atomic mass is 9.71. The van der Waals surface area contributed by atoms with E-state index >= 15 is 0 Å². The quantitative estimate of drug-likeness (QED) is 0.657. The molecule has 0 spiro atoms. The summed E-state index contributed by atoms with van der Waals surface area (Å²) in [5.74, 6) is 1.50. The number of hydrogen-bond acceptors (Lipinski definition) is 7. The fourth-order valence-corrected chi connectivity index (χ4v) is 5.61. The van der Waals surface area contributed by atoms with Gasteiger partial charge in [-0.3, -0.25) is 10.3 Å². The predicted molar refractivity (Wildman–Crippen MR) is 126 cm³/mol. The smallest absolute Gasteiger partial charge is 0.320 e. The molecule has 9 heteroatoms. The van der Waals surface area contributed by atoms with E-state index < -0.39 is 0 Å². The van der Waals surface area contributed by atoms with Gasteiger partial charge < -0.3 is 19.7 Å². The van der Waals surface area contributed by atoms with Crippen LogP contribution < -0.4 is 15.4 Å². The zero-order chi connectivity index (χ0) is 22.7. The van der Waals surface area contributed by atoms with Gasteiger partial charge in [0, 0.05) is 44.4 Å². The molecule has 4 rings (SSSR count). The molecule has 8 nitrogen and oxygen atoms in total. The Balaban J connectivity index is 1.42. The molecule has 0 unspecified atom stereocenters. The number of aryl methyl sites for hydroxylation is 1. The molecule has 0 bridgehead atoms. The Morgan fingerprint density at radius 1 is 1.34 bits per heavy atom. The second-order valence-corrected chi connectivity index (χ2v) is 10.0. The van der Waals surface area contributed by atoms with Gasteiger partial charge in [0.2, 0.25) is 0 Å². The molecule has 1 saturated carbocycles. The van der Waals surface area contributed by atoms with Crippen molar-refractivity contribution < 1.29 is 14.3 Å². The number of hydrogen-bond donors (Lipinski definition) is 2. The molecule has 2 fully saturated rings. The van der Waals surface area contributed by atoms with E-state index in [4.69, 9.17) is 9.47 Å². The zero-order valence-corrected chi connectivity index (χ0v) is 20.1. The molecular weight excluding hydrogens is 426 g/mol. The van der Waals surface area contributed by atoms with Crippen molar-refractivity contribution in [2.24, 2.45) is 5.92 Å². The van der Waals surface area contributed by atoms with E-state index in [1.165, 1.54) is 11.5 Å². The van der Waals surface area contributed by atoms with Crippen LogP contribution >= 0.6 is 11.5 Å². The number of ether oxygens (including phenoxy) is 2. The van der Waals surface area contributed by atoms with E-state index in [0.29, 0.717) is 5.92 Å². The largest absolute Gasteiger partial charge is 0.495 e. The standard InChI is InChI=1S/C23H33N5O3S/c1-15-9-21(32-27-15)26-22(29)25-20-7-8-28(13-16-10-23(2,11-16)31-4)14-18(20)19-6-5-17(30-3)12-24-19/h5-6,9,12,16,18,20H,7-8,10-11,13-14H2,1-4H3,(H2,25,26,29)/t16?,18-,20+,23?/m0/s1. The molecule has 1 saturated heterocycles. The Kier molecular flexibility index (Phi) is 6.97. The summed E-state index contributed by atoms with van der Waals surface area (Å²) in [5, 5.41) is 6.86. The Morgan fingerprint density at radius 2 is 2.16 bits per heavy atom. The molecule has 2 atom stereocenters. The molecular formula is C23H33N5O3S. The number of urea groups is 1. The number of nitrogens with zero attached hydrogens (tertiary/aromatic N) is 3. The third-order valence-electron chi connectivity index (χ3n) is 6.70. The molecule has 2 amide bonds. The van der Waals surface area contributed by atoms with E-state index in [9.17, 15) is 4.79 Å². The number of rotatable bonds is 7. The summed E-state index contributed by atoms with van der Waals surface area (Å²) in [6.45, 7) is 6.98. The lowest BCUT2D eigenvalue weighted by Gasteiger charge is -2.47. The van der Waals surface area contributed by atoms with Crippen molar-refractivity contribution in [2.75, 3.05) is 39.2 Å². The summed E-state index contributed by atoms with van der Waals surface area (Å²) in [6.07, 6.45) is 4.83. The molecule has 2 N–H and O–H groups in total. The first kappa shape index (κ1) is 22.9. The van der Waals surface area contributed by atoms with Gasteiger partial charge in [0.05, 0.1) is 24.6 Å². The van der Waals surface area contributed by atoms with E-state index in [0.717, 1.165) is 61.0 Å². The predicted octanol–water partition coefficient (Wildman–Crippen LogP) is 3.65. The second-order valence-electron chi connectivity index (χ2n) is 9.24. The highest BCUT2D eigenvalue weighted by Crippen LogP contribution is 2.41. The number of carbonyl (C=O) groups is 1. The third kappa shape index (κ3) is 5.39. The third-order valence-corrected chi connectivity index (χ3v) is 7.50. The number of piperidine rings is 1. The fraction of sp³-hybridized carbons (Fsp3) is 0.609. The summed E-state index contributed by atoms with van der Waals surface area (Å²) < 4.78 is 15.1. The van der Waals surface area contributed by atoms with Gasteiger partial charge in [-0.05, 0) is 68.8 Å². The molecule has 2 aliphatic rings. The van der Waals surface area contributed by atoms with E-state index in [2.05, 4.69) is 31.8 Å². The van der Waals surface area contributed by atoms with Crippen LogP contribution in [-0.4, -0.2) is 65.8 Å². The maximum atomic E-state index is 12.7. The van der Waals surface area contributed by atoms with E-state index in [1.807, 2.05) is 25.1 Å². The van der Waals surface area contributed by atoms with Crippen LogP contribution in [0.3, 0.4) is 0 Å². The van der Waals surface area contributed by atoms with Crippen molar-refractivity contribution >= 4 is 22.6 Å².